The molecule has 1 aromatic heterocycles. The Kier molecular flexibility index (Phi) is 9.29. The van der Waals surface area contributed by atoms with Crippen LogP contribution in [-0.4, -0.2) is 20.8 Å². The van der Waals surface area contributed by atoms with Gasteiger partial charge in [-0.25, -0.2) is 4.98 Å². The topological polar surface area (TPSA) is 56.7 Å². The highest BCUT2D eigenvalue weighted by molar-refractivity contribution is 4.87. The van der Waals surface area contributed by atoms with Crippen LogP contribution < -0.4 is 5.73 Å². The Bertz CT molecular complexity index is 335. The third kappa shape index (κ3) is 7.63. The van der Waals surface area contributed by atoms with Crippen LogP contribution in [0.4, 0.5) is 0 Å². The zero-order valence-corrected chi connectivity index (χ0v) is 13.4. The summed E-state index contributed by atoms with van der Waals surface area (Å²) in [5.41, 5.74) is 6.15. The summed E-state index contributed by atoms with van der Waals surface area (Å²) in [6, 6.07) is 0.224. The van der Waals surface area contributed by atoms with Gasteiger partial charge in [0.1, 0.15) is 12.2 Å². The molecular formula is C16H32N4. The fourth-order valence-corrected chi connectivity index (χ4v) is 2.56. The molecule has 20 heavy (non-hydrogen) atoms. The highest BCUT2D eigenvalue weighted by atomic mass is 15.3. The van der Waals surface area contributed by atoms with Crippen molar-refractivity contribution in [3.05, 3.63) is 12.2 Å². The van der Waals surface area contributed by atoms with E-state index in [1.807, 2.05) is 11.7 Å². The lowest BCUT2D eigenvalue weighted by Crippen LogP contribution is -2.24. The Morgan fingerprint density at radius 2 is 1.65 bits per heavy atom. The predicted octanol–water partition coefficient (Wildman–Crippen LogP) is 3.61. The van der Waals surface area contributed by atoms with Crippen molar-refractivity contribution in [2.45, 2.75) is 83.6 Å². The quantitative estimate of drug-likeness (QED) is 0.595. The minimum absolute atomic E-state index is 0.224. The van der Waals surface area contributed by atoms with Crippen LogP contribution in [0.3, 0.4) is 0 Å². The number of aryl methyl sites for hydroxylation is 1. The first-order valence-electron chi connectivity index (χ1n) is 8.32. The maximum Gasteiger partial charge on any atom is 0.138 e. The van der Waals surface area contributed by atoms with Gasteiger partial charge in [0.2, 0.25) is 0 Å². The molecule has 0 aromatic carbocycles. The van der Waals surface area contributed by atoms with Crippen molar-refractivity contribution in [3.8, 4) is 0 Å². The minimum Gasteiger partial charge on any atom is -0.327 e. The second kappa shape index (κ2) is 10.8. The van der Waals surface area contributed by atoms with Gasteiger partial charge >= 0.3 is 0 Å². The van der Waals surface area contributed by atoms with Crippen molar-refractivity contribution in [3.63, 3.8) is 0 Å². The smallest absolute Gasteiger partial charge is 0.138 e. The summed E-state index contributed by atoms with van der Waals surface area (Å²) < 4.78 is 1.82. The SMILES string of the molecule is CCCCCCCCCCCC(N)Cc1ncnn1C. The molecule has 1 unspecified atom stereocenters. The third-order valence-electron chi connectivity index (χ3n) is 3.93. The van der Waals surface area contributed by atoms with E-state index in [9.17, 15) is 0 Å². The van der Waals surface area contributed by atoms with Crippen molar-refractivity contribution in [2.24, 2.45) is 12.8 Å². The monoisotopic (exact) mass is 280 g/mol. The van der Waals surface area contributed by atoms with Gasteiger partial charge in [0.15, 0.2) is 0 Å². The average molecular weight is 280 g/mol. The van der Waals surface area contributed by atoms with Crippen molar-refractivity contribution < 1.29 is 0 Å². The number of rotatable bonds is 12. The lowest BCUT2D eigenvalue weighted by atomic mass is 10.0. The predicted molar refractivity (Wildman–Crippen MR) is 84.5 cm³/mol. The fourth-order valence-electron chi connectivity index (χ4n) is 2.56. The zero-order valence-electron chi connectivity index (χ0n) is 13.4. The summed E-state index contributed by atoms with van der Waals surface area (Å²) >= 11 is 0. The Hall–Kier alpha value is -0.900. The highest BCUT2D eigenvalue weighted by Gasteiger charge is 2.07. The van der Waals surface area contributed by atoms with E-state index < -0.39 is 0 Å². The summed E-state index contributed by atoms with van der Waals surface area (Å²) in [6.07, 6.45) is 15.8. The van der Waals surface area contributed by atoms with Crippen molar-refractivity contribution in [1.29, 1.82) is 0 Å². The van der Waals surface area contributed by atoms with Crippen LogP contribution in [0.5, 0.6) is 0 Å². The molecule has 0 saturated carbocycles. The summed E-state index contributed by atoms with van der Waals surface area (Å²) in [5, 5.41) is 4.07. The average Bonchev–Trinajstić information content (AvgIpc) is 2.82. The zero-order chi connectivity index (χ0) is 14.6. The number of nitrogens with two attached hydrogens (primary N) is 1. The van der Waals surface area contributed by atoms with Crippen LogP contribution >= 0.6 is 0 Å². The van der Waals surface area contributed by atoms with Crippen LogP contribution in [0.1, 0.15) is 77.0 Å². The van der Waals surface area contributed by atoms with Gasteiger partial charge in [0, 0.05) is 19.5 Å². The number of unbranched alkanes of at least 4 members (excludes halogenated alkanes) is 8. The molecule has 1 rings (SSSR count). The van der Waals surface area contributed by atoms with E-state index in [1.165, 1.54) is 57.8 Å². The summed E-state index contributed by atoms with van der Waals surface area (Å²) in [4.78, 5) is 4.22. The Morgan fingerprint density at radius 1 is 1.05 bits per heavy atom. The van der Waals surface area contributed by atoms with E-state index in [1.54, 1.807) is 6.33 Å². The second-order valence-electron chi connectivity index (χ2n) is 5.88. The molecule has 1 atom stereocenters. The normalized spacial score (nSPS) is 12.8. The highest BCUT2D eigenvalue weighted by Crippen LogP contribution is 2.11. The van der Waals surface area contributed by atoms with Crippen LogP contribution in [0.25, 0.3) is 0 Å². The molecule has 0 fully saturated rings. The number of aromatic nitrogens is 3. The molecule has 4 nitrogen and oxygen atoms in total. The summed E-state index contributed by atoms with van der Waals surface area (Å²) in [6.45, 7) is 2.27. The maximum absolute atomic E-state index is 6.15. The molecule has 0 bridgehead atoms. The lowest BCUT2D eigenvalue weighted by molar-refractivity contribution is 0.510. The van der Waals surface area contributed by atoms with E-state index in [2.05, 4.69) is 17.0 Å². The fraction of sp³-hybridized carbons (Fsp3) is 0.875. The molecule has 4 heteroatoms. The third-order valence-corrected chi connectivity index (χ3v) is 3.93. The van der Waals surface area contributed by atoms with Crippen LogP contribution in [0.2, 0.25) is 0 Å². The Morgan fingerprint density at radius 3 is 2.20 bits per heavy atom. The maximum atomic E-state index is 6.15. The molecule has 0 spiro atoms. The van der Waals surface area contributed by atoms with Gasteiger partial charge in [-0.1, -0.05) is 64.7 Å². The molecule has 0 aliphatic rings. The Balaban J connectivity index is 1.92. The van der Waals surface area contributed by atoms with Crippen LogP contribution in [0, 0.1) is 0 Å². The van der Waals surface area contributed by atoms with E-state index in [-0.39, 0.29) is 6.04 Å². The largest absolute Gasteiger partial charge is 0.327 e. The van der Waals surface area contributed by atoms with Crippen molar-refractivity contribution in [1.82, 2.24) is 14.8 Å². The minimum atomic E-state index is 0.224. The molecule has 0 aliphatic carbocycles. The van der Waals surface area contributed by atoms with E-state index >= 15 is 0 Å². The standard InChI is InChI=1S/C16H32N4/c1-3-4-5-6-7-8-9-10-11-12-15(17)13-16-18-14-19-20(16)2/h14-15H,3-13,17H2,1-2H3. The van der Waals surface area contributed by atoms with Gasteiger partial charge in [-0.3, -0.25) is 4.68 Å². The number of hydrogen-bond donors (Lipinski definition) is 1. The molecule has 2 N–H and O–H groups in total. The molecule has 0 radical (unpaired) electrons. The van der Waals surface area contributed by atoms with Crippen molar-refractivity contribution >= 4 is 0 Å². The van der Waals surface area contributed by atoms with Gasteiger partial charge in [-0.15, -0.1) is 0 Å². The van der Waals surface area contributed by atoms with Gasteiger partial charge in [-0.05, 0) is 6.42 Å². The lowest BCUT2D eigenvalue weighted by Gasteiger charge is -2.10. The molecule has 0 aliphatic heterocycles. The molecule has 0 amide bonds. The van der Waals surface area contributed by atoms with Crippen LogP contribution in [-0.2, 0) is 13.5 Å². The second-order valence-corrected chi connectivity index (χ2v) is 5.88. The van der Waals surface area contributed by atoms with E-state index in [0.29, 0.717) is 0 Å². The summed E-state index contributed by atoms with van der Waals surface area (Å²) in [5.74, 6) is 0.994. The first kappa shape index (κ1) is 17.2. The first-order chi connectivity index (χ1) is 9.74. The number of hydrogen-bond acceptors (Lipinski definition) is 3. The van der Waals surface area contributed by atoms with Gasteiger partial charge in [0.05, 0.1) is 0 Å². The first-order valence-corrected chi connectivity index (χ1v) is 8.32. The molecule has 1 aromatic rings. The molecule has 1 heterocycles. The van der Waals surface area contributed by atoms with Crippen molar-refractivity contribution in [2.75, 3.05) is 0 Å². The summed E-state index contributed by atoms with van der Waals surface area (Å²) in [7, 11) is 1.92. The van der Waals surface area contributed by atoms with E-state index in [0.717, 1.165) is 18.7 Å². The number of nitrogens with zero attached hydrogens (tertiary/aromatic N) is 3. The van der Waals surface area contributed by atoms with Crippen LogP contribution in [0.15, 0.2) is 6.33 Å². The Labute approximate surface area is 124 Å². The van der Waals surface area contributed by atoms with Gasteiger partial charge < -0.3 is 5.73 Å². The van der Waals surface area contributed by atoms with Gasteiger partial charge in [-0.2, -0.15) is 5.10 Å². The van der Waals surface area contributed by atoms with Gasteiger partial charge in [0.25, 0.3) is 0 Å². The molecule has 0 saturated heterocycles. The van der Waals surface area contributed by atoms with E-state index in [4.69, 9.17) is 5.73 Å². The molecule has 116 valence electrons. The molecular weight excluding hydrogens is 248 g/mol.